The van der Waals surface area contributed by atoms with E-state index in [0.29, 0.717) is 41.3 Å². The monoisotopic (exact) mass is 401 g/mol. The molecule has 0 aliphatic heterocycles. The second-order valence-electron chi connectivity index (χ2n) is 5.17. The zero-order valence-corrected chi connectivity index (χ0v) is 16.4. The van der Waals surface area contributed by atoms with Crippen LogP contribution in [0.4, 0.5) is 0 Å². The summed E-state index contributed by atoms with van der Waals surface area (Å²) in [5.41, 5.74) is 2.04. The number of rotatable bonds is 9. The summed E-state index contributed by atoms with van der Waals surface area (Å²) in [4.78, 5) is 0. The molecular formula is C19H22Cl3NO2. The summed E-state index contributed by atoms with van der Waals surface area (Å²) >= 11 is 12.3. The van der Waals surface area contributed by atoms with Crippen LogP contribution in [-0.2, 0) is 13.2 Å². The van der Waals surface area contributed by atoms with Gasteiger partial charge < -0.3 is 14.8 Å². The van der Waals surface area contributed by atoms with Crippen molar-refractivity contribution in [3.63, 3.8) is 0 Å². The average Bonchev–Trinajstić information content (AvgIpc) is 2.56. The van der Waals surface area contributed by atoms with Crippen molar-refractivity contribution in [1.82, 2.24) is 5.32 Å². The summed E-state index contributed by atoms with van der Waals surface area (Å²) in [5.74, 6) is 1.20. The molecule has 136 valence electrons. The van der Waals surface area contributed by atoms with Gasteiger partial charge in [-0.1, -0.05) is 41.4 Å². The van der Waals surface area contributed by atoms with E-state index in [1.54, 1.807) is 0 Å². The minimum atomic E-state index is 0. The quantitative estimate of drug-likeness (QED) is 0.433. The van der Waals surface area contributed by atoms with Gasteiger partial charge in [0.15, 0.2) is 11.5 Å². The van der Waals surface area contributed by atoms with Gasteiger partial charge in [0, 0.05) is 18.1 Å². The molecule has 2 aromatic rings. The van der Waals surface area contributed by atoms with E-state index in [0.717, 1.165) is 17.7 Å². The van der Waals surface area contributed by atoms with Crippen LogP contribution < -0.4 is 14.8 Å². The largest absolute Gasteiger partial charge is 0.490 e. The number of hydrogen-bond acceptors (Lipinski definition) is 3. The van der Waals surface area contributed by atoms with E-state index in [1.807, 2.05) is 49.4 Å². The van der Waals surface area contributed by atoms with Crippen LogP contribution in [0.3, 0.4) is 0 Å². The summed E-state index contributed by atoms with van der Waals surface area (Å²) in [6.45, 7) is 7.97. The minimum Gasteiger partial charge on any atom is -0.490 e. The zero-order chi connectivity index (χ0) is 17.4. The molecule has 0 amide bonds. The van der Waals surface area contributed by atoms with Gasteiger partial charge in [0.05, 0.1) is 11.6 Å². The Bertz CT molecular complexity index is 675. The standard InChI is InChI=1S/C19H21Cl2NO2.ClH/c1-3-9-22-12-15-10-17(21)19(18(11-15)23-4-2)24-13-14-5-7-16(20)8-6-14;/h3,5-8,10-11,22H,1,4,9,12-13H2,2H3;1H. The zero-order valence-electron chi connectivity index (χ0n) is 14.1. The van der Waals surface area contributed by atoms with Gasteiger partial charge in [-0.05, 0) is 42.3 Å². The van der Waals surface area contributed by atoms with Crippen LogP contribution in [-0.4, -0.2) is 13.2 Å². The lowest BCUT2D eigenvalue weighted by molar-refractivity contribution is 0.269. The fourth-order valence-electron chi connectivity index (χ4n) is 2.18. The van der Waals surface area contributed by atoms with Gasteiger partial charge >= 0.3 is 0 Å². The Labute approximate surface area is 165 Å². The predicted octanol–water partition coefficient (Wildman–Crippen LogP) is 5.67. The third-order valence-electron chi connectivity index (χ3n) is 3.28. The Hall–Kier alpha value is -1.39. The molecule has 25 heavy (non-hydrogen) atoms. The summed E-state index contributed by atoms with van der Waals surface area (Å²) in [5, 5.41) is 4.48. The van der Waals surface area contributed by atoms with Crippen LogP contribution >= 0.6 is 35.6 Å². The van der Waals surface area contributed by atoms with Gasteiger partial charge in [0.1, 0.15) is 6.61 Å². The third-order valence-corrected chi connectivity index (χ3v) is 3.82. The molecule has 0 spiro atoms. The van der Waals surface area contributed by atoms with E-state index >= 15 is 0 Å². The van der Waals surface area contributed by atoms with Crippen molar-refractivity contribution in [2.24, 2.45) is 0 Å². The predicted molar refractivity (Wildman–Crippen MR) is 108 cm³/mol. The average molecular weight is 403 g/mol. The fourth-order valence-corrected chi connectivity index (χ4v) is 2.59. The molecule has 0 saturated carbocycles. The van der Waals surface area contributed by atoms with Crippen molar-refractivity contribution >= 4 is 35.6 Å². The van der Waals surface area contributed by atoms with Crippen LogP contribution in [0.2, 0.25) is 10.0 Å². The van der Waals surface area contributed by atoms with Crippen molar-refractivity contribution in [2.75, 3.05) is 13.2 Å². The van der Waals surface area contributed by atoms with Gasteiger partial charge in [0.25, 0.3) is 0 Å². The molecule has 0 radical (unpaired) electrons. The molecule has 0 aliphatic carbocycles. The maximum absolute atomic E-state index is 6.40. The molecule has 3 nitrogen and oxygen atoms in total. The van der Waals surface area contributed by atoms with Gasteiger partial charge in [-0.3, -0.25) is 0 Å². The van der Waals surface area contributed by atoms with Crippen molar-refractivity contribution in [3.05, 3.63) is 70.2 Å². The number of nitrogens with one attached hydrogen (secondary N) is 1. The number of ether oxygens (including phenoxy) is 2. The Morgan fingerprint density at radius 3 is 2.44 bits per heavy atom. The Kier molecular flexibility index (Phi) is 9.76. The lowest BCUT2D eigenvalue weighted by atomic mass is 10.2. The van der Waals surface area contributed by atoms with E-state index in [9.17, 15) is 0 Å². The first-order chi connectivity index (χ1) is 11.6. The van der Waals surface area contributed by atoms with Crippen LogP contribution in [0.15, 0.2) is 49.1 Å². The highest BCUT2D eigenvalue weighted by Crippen LogP contribution is 2.37. The normalized spacial score (nSPS) is 10.0. The van der Waals surface area contributed by atoms with Crippen molar-refractivity contribution in [1.29, 1.82) is 0 Å². The van der Waals surface area contributed by atoms with Gasteiger partial charge in [0.2, 0.25) is 0 Å². The van der Waals surface area contributed by atoms with Crippen molar-refractivity contribution in [2.45, 2.75) is 20.1 Å². The molecule has 0 atom stereocenters. The molecule has 2 aromatic carbocycles. The van der Waals surface area contributed by atoms with Gasteiger partial charge in [-0.25, -0.2) is 0 Å². The van der Waals surface area contributed by atoms with Gasteiger partial charge in [-0.2, -0.15) is 0 Å². The second kappa shape index (κ2) is 11.3. The molecule has 0 heterocycles. The van der Waals surface area contributed by atoms with Crippen molar-refractivity contribution < 1.29 is 9.47 Å². The van der Waals surface area contributed by atoms with Crippen LogP contribution in [0.1, 0.15) is 18.1 Å². The smallest absolute Gasteiger partial charge is 0.180 e. The van der Waals surface area contributed by atoms with Crippen LogP contribution in [0, 0.1) is 0 Å². The van der Waals surface area contributed by atoms with E-state index in [-0.39, 0.29) is 12.4 Å². The van der Waals surface area contributed by atoms with Gasteiger partial charge in [-0.15, -0.1) is 19.0 Å². The summed E-state index contributed by atoms with van der Waals surface area (Å²) in [7, 11) is 0. The van der Waals surface area contributed by atoms with Crippen LogP contribution in [0.25, 0.3) is 0 Å². The maximum atomic E-state index is 6.40. The molecule has 0 aromatic heterocycles. The van der Waals surface area contributed by atoms with E-state index in [1.165, 1.54) is 0 Å². The molecular weight excluding hydrogens is 381 g/mol. The lowest BCUT2D eigenvalue weighted by Crippen LogP contribution is -2.13. The van der Waals surface area contributed by atoms with Crippen molar-refractivity contribution in [3.8, 4) is 11.5 Å². The highest BCUT2D eigenvalue weighted by molar-refractivity contribution is 6.32. The summed E-state index contributed by atoms with van der Waals surface area (Å²) in [6.07, 6.45) is 1.81. The lowest BCUT2D eigenvalue weighted by Gasteiger charge is -2.15. The molecule has 0 fully saturated rings. The topological polar surface area (TPSA) is 30.5 Å². The van der Waals surface area contributed by atoms with E-state index in [2.05, 4.69) is 11.9 Å². The van der Waals surface area contributed by atoms with Crippen LogP contribution in [0.5, 0.6) is 11.5 Å². The number of benzene rings is 2. The molecule has 0 unspecified atom stereocenters. The number of hydrogen-bond donors (Lipinski definition) is 1. The first kappa shape index (κ1) is 21.7. The SMILES string of the molecule is C=CCNCc1cc(Cl)c(OCc2ccc(Cl)cc2)c(OCC)c1.Cl. The fraction of sp³-hybridized carbons (Fsp3) is 0.263. The first-order valence-electron chi connectivity index (χ1n) is 7.78. The van der Waals surface area contributed by atoms with E-state index in [4.69, 9.17) is 32.7 Å². The molecule has 0 aliphatic rings. The first-order valence-corrected chi connectivity index (χ1v) is 8.53. The summed E-state index contributed by atoms with van der Waals surface area (Å²) in [6, 6.07) is 11.3. The molecule has 6 heteroatoms. The molecule has 0 saturated heterocycles. The Morgan fingerprint density at radius 2 is 1.80 bits per heavy atom. The van der Waals surface area contributed by atoms with E-state index < -0.39 is 0 Å². The highest BCUT2D eigenvalue weighted by atomic mass is 35.5. The molecule has 0 bridgehead atoms. The Balaban J connectivity index is 0.00000312. The molecule has 2 rings (SSSR count). The maximum Gasteiger partial charge on any atom is 0.180 e. The Morgan fingerprint density at radius 1 is 1.08 bits per heavy atom. The minimum absolute atomic E-state index is 0. The second-order valence-corrected chi connectivity index (χ2v) is 6.02. The highest BCUT2D eigenvalue weighted by Gasteiger charge is 2.13. The molecule has 1 N–H and O–H groups in total. The summed E-state index contributed by atoms with van der Waals surface area (Å²) < 4.78 is 11.6. The number of halogens is 3. The third kappa shape index (κ3) is 6.79.